The molecular formula is C21H19ClN2O4. The number of carbonyl (C=O) groups excluding carboxylic acids is 3. The van der Waals surface area contributed by atoms with Crippen LogP contribution in [0.1, 0.15) is 39.1 Å². The van der Waals surface area contributed by atoms with Gasteiger partial charge in [0.25, 0.3) is 11.8 Å². The van der Waals surface area contributed by atoms with E-state index in [0.717, 1.165) is 18.4 Å². The van der Waals surface area contributed by atoms with Gasteiger partial charge >= 0.3 is 0 Å². The van der Waals surface area contributed by atoms with E-state index in [0.29, 0.717) is 28.4 Å². The lowest BCUT2D eigenvalue weighted by Gasteiger charge is -2.17. The van der Waals surface area contributed by atoms with Crippen LogP contribution in [0.25, 0.3) is 0 Å². The highest BCUT2D eigenvalue weighted by Gasteiger charge is 2.37. The largest absolute Gasteiger partial charge is 0.376 e. The Morgan fingerprint density at radius 2 is 1.86 bits per heavy atom. The minimum atomic E-state index is -0.343. The Kier molecular flexibility index (Phi) is 5.15. The molecule has 144 valence electrons. The van der Waals surface area contributed by atoms with Gasteiger partial charge in [0.2, 0.25) is 5.91 Å². The van der Waals surface area contributed by atoms with Crippen molar-refractivity contribution in [1.82, 2.24) is 4.90 Å². The fraction of sp³-hybridized carbons (Fsp3) is 0.286. The van der Waals surface area contributed by atoms with Crippen LogP contribution in [0, 0.1) is 0 Å². The van der Waals surface area contributed by atoms with Gasteiger partial charge in [0.1, 0.15) is 0 Å². The van der Waals surface area contributed by atoms with Crippen LogP contribution in [0.15, 0.2) is 42.5 Å². The minimum Gasteiger partial charge on any atom is -0.376 e. The molecule has 4 rings (SSSR count). The number of nitrogens with one attached hydrogen (secondary N) is 1. The van der Waals surface area contributed by atoms with Crippen LogP contribution < -0.4 is 5.32 Å². The highest BCUT2D eigenvalue weighted by atomic mass is 35.5. The van der Waals surface area contributed by atoms with E-state index in [2.05, 4.69) is 5.32 Å². The number of halogens is 1. The highest BCUT2D eigenvalue weighted by Crippen LogP contribution is 2.27. The first-order valence-corrected chi connectivity index (χ1v) is 9.55. The third-order valence-corrected chi connectivity index (χ3v) is 5.19. The van der Waals surface area contributed by atoms with Gasteiger partial charge < -0.3 is 10.1 Å². The second-order valence-corrected chi connectivity index (χ2v) is 7.40. The summed E-state index contributed by atoms with van der Waals surface area (Å²) in [5, 5.41) is 3.39. The Hall–Kier alpha value is -2.70. The quantitative estimate of drug-likeness (QED) is 0.784. The minimum absolute atomic E-state index is 0.0965. The molecule has 0 unspecified atom stereocenters. The highest BCUT2D eigenvalue weighted by molar-refractivity contribution is 6.30. The smallest absolute Gasteiger partial charge is 0.261 e. The molecule has 0 radical (unpaired) electrons. The van der Waals surface area contributed by atoms with Crippen molar-refractivity contribution in [2.75, 3.05) is 18.5 Å². The van der Waals surface area contributed by atoms with E-state index in [-0.39, 0.29) is 36.8 Å². The van der Waals surface area contributed by atoms with E-state index in [1.807, 2.05) is 0 Å². The van der Waals surface area contributed by atoms with E-state index in [4.69, 9.17) is 16.3 Å². The van der Waals surface area contributed by atoms with Crippen LogP contribution in [-0.2, 0) is 16.0 Å². The molecule has 1 fully saturated rings. The first-order chi connectivity index (χ1) is 13.5. The number of hydrogen-bond donors (Lipinski definition) is 1. The molecule has 2 aromatic carbocycles. The maximum absolute atomic E-state index is 12.7. The maximum atomic E-state index is 12.7. The van der Waals surface area contributed by atoms with Crippen molar-refractivity contribution < 1.29 is 19.1 Å². The van der Waals surface area contributed by atoms with Crippen LogP contribution in [0.5, 0.6) is 0 Å². The molecule has 0 aliphatic carbocycles. The third-order valence-electron chi connectivity index (χ3n) is 4.94. The number of benzene rings is 2. The van der Waals surface area contributed by atoms with Crippen molar-refractivity contribution in [2.45, 2.75) is 25.4 Å². The number of anilines is 1. The van der Waals surface area contributed by atoms with Crippen molar-refractivity contribution in [3.63, 3.8) is 0 Å². The Bertz CT molecular complexity index is 936. The molecule has 2 heterocycles. The van der Waals surface area contributed by atoms with Gasteiger partial charge in [-0.3, -0.25) is 19.3 Å². The summed E-state index contributed by atoms with van der Waals surface area (Å²) in [7, 11) is 0. The molecule has 6 nitrogen and oxygen atoms in total. The Morgan fingerprint density at radius 3 is 2.57 bits per heavy atom. The molecule has 28 heavy (non-hydrogen) atoms. The Balaban J connectivity index is 1.45. The average Bonchev–Trinajstić information content (AvgIpc) is 3.27. The average molecular weight is 399 g/mol. The monoisotopic (exact) mass is 398 g/mol. The predicted molar refractivity (Wildman–Crippen MR) is 105 cm³/mol. The van der Waals surface area contributed by atoms with E-state index >= 15 is 0 Å². The molecule has 0 aromatic heterocycles. The topological polar surface area (TPSA) is 75.7 Å². The lowest BCUT2D eigenvalue weighted by atomic mass is 10.1. The summed E-state index contributed by atoms with van der Waals surface area (Å²) in [5.41, 5.74) is 1.99. The van der Waals surface area contributed by atoms with Crippen LogP contribution >= 0.6 is 11.6 Å². The molecule has 7 heteroatoms. The number of fused-ring (bicyclic) bond motifs is 1. The van der Waals surface area contributed by atoms with Crippen LogP contribution in [0.3, 0.4) is 0 Å². The summed E-state index contributed by atoms with van der Waals surface area (Å²) in [5.74, 6) is -0.867. The van der Waals surface area contributed by atoms with Crippen LogP contribution in [0.2, 0.25) is 5.02 Å². The number of carbonyl (C=O) groups is 3. The molecular weight excluding hydrogens is 380 g/mol. The molecule has 0 saturated carbocycles. The second-order valence-electron chi connectivity index (χ2n) is 6.97. The molecule has 1 atom stereocenters. The summed E-state index contributed by atoms with van der Waals surface area (Å²) in [6, 6.07) is 11.8. The molecule has 2 aliphatic heterocycles. The summed E-state index contributed by atoms with van der Waals surface area (Å²) >= 11 is 5.85. The number of imide groups is 1. The third kappa shape index (κ3) is 3.79. The zero-order valence-electron chi connectivity index (χ0n) is 15.1. The van der Waals surface area contributed by atoms with E-state index in [1.54, 1.807) is 42.5 Å². The summed E-state index contributed by atoms with van der Waals surface area (Å²) in [6.07, 6.45) is 1.88. The second kappa shape index (κ2) is 7.73. The number of hydrogen-bond acceptors (Lipinski definition) is 4. The Morgan fingerprint density at radius 1 is 1.11 bits per heavy atom. The van der Waals surface area contributed by atoms with Crippen LogP contribution in [-0.4, -0.2) is 41.9 Å². The SMILES string of the molecule is O=C(Cc1ccc(Cl)cc1)Nc1ccc2c(c1)C(=O)N(C[C@@H]1CCCO1)C2=O. The first-order valence-electron chi connectivity index (χ1n) is 9.17. The van der Waals surface area contributed by atoms with Gasteiger partial charge in [-0.15, -0.1) is 0 Å². The fourth-order valence-corrected chi connectivity index (χ4v) is 3.65. The van der Waals surface area contributed by atoms with E-state index in [1.165, 1.54) is 4.90 Å². The number of ether oxygens (including phenoxy) is 1. The first kappa shape index (κ1) is 18.7. The van der Waals surface area contributed by atoms with Crippen molar-refractivity contribution in [1.29, 1.82) is 0 Å². The van der Waals surface area contributed by atoms with Gasteiger partial charge in [-0.2, -0.15) is 0 Å². The molecule has 0 spiro atoms. The zero-order valence-corrected chi connectivity index (χ0v) is 15.9. The summed E-state index contributed by atoms with van der Waals surface area (Å²) < 4.78 is 5.54. The normalized spacial score (nSPS) is 18.5. The molecule has 2 aromatic rings. The van der Waals surface area contributed by atoms with Gasteiger partial charge in [0.05, 0.1) is 30.2 Å². The van der Waals surface area contributed by atoms with Crippen molar-refractivity contribution >= 4 is 35.0 Å². The van der Waals surface area contributed by atoms with Crippen molar-refractivity contribution in [2.24, 2.45) is 0 Å². The lowest BCUT2D eigenvalue weighted by molar-refractivity contribution is -0.115. The number of rotatable bonds is 5. The number of nitrogens with zero attached hydrogens (tertiary/aromatic N) is 1. The Labute approximate surface area is 167 Å². The standard InChI is InChI=1S/C21H19ClN2O4/c22-14-5-3-13(4-6-14)10-19(25)23-15-7-8-17-18(11-15)21(27)24(20(17)26)12-16-2-1-9-28-16/h3-8,11,16H,1-2,9-10,12H2,(H,23,25)/t16-/m0/s1. The fourth-order valence-electron chi connectivity index (χ4n) is 3.52. The zero-order chi connectivity index (χ0) is 19.7. The molecule has 0 bridgehead atoms. The van der Waals surface area contributed by atoms with Crippen molar-refractivity contribution in [3.05, 3.63) is 64.2 Å². The van der Waals surface area contributed by atoms with Gasteiger partial charge in [-0.25, -0.2) is 0 Å². The van der Waals surface area contributed by atoms with Gasteiger partial charge in [-0.05, 0) is 48.7 Å². The molecule has 2 aliphatic rings. The van der Waals surface area contributed by atoms with Gasteiger partial charge in [0, 0.05) is 17.3 Å². The van der Waals surface area contributed by atoms with Gasteiger partial charge in [-0.1, -0.05) is 23.7 Å². The predicted octanol–water partition coefficient (Wildman–Crippen LogP) is 3.30. The lowest BCUT2D eigenvalue weighted by Crippen LogP contribution is -2.36. The molecule has 1 saturated heterocycles. The number of amides is 3. The molecule has 3 amide bonds. The van der Waals surface area contributed by atoms with E-state index in [9.17, 15) is 14.4 Å². The van der Waals surface area contributed by atoms with Crippen LogP contribution in [0.4, 0.5) is 5.69 Å². The summed E-state index contributed by atoms with van der Waals surface area (Å²) in [6.45, 7) is 0.933. The maximum Gasteiger partial charge on any atom is 0.261 e. The van der Waals surface area contributed by atoms with Gasteiger partial charge in [0.15, 0.2) is 0 Å². The molecule has 1 N–H and O–H groups in total. The summed E-state index contributed by atoms with van der Waals surface area (Å²) in [4.78, 5) is 38.7. The van der Waals surface area contributed by atoms with Crippen molar-refractivity contribution in [3.8, 4) is 0 Å². The van der Waals surface area contributed by atoms with E-state index < -0.39 is 0 Å².